The third kappa shape index (κ3) is 3.43. The molecule has 2 aliphatic rings. The Labute approximate surface area is 186 Å². The largest absolute Gasteiger partial charge is 0.294 e. The fourth-order valence-electron chi connectivity index (χ4n) is 4.50. The summed E-state index contributed by atoms with van der Waals surface area (Å²) in [5, 5.41) is 1.49. The Kier molecular flexibility index (Phi) is 5.17. The molecule has 3 unspecified atom stereocenters. The van der Waals surface area contributed by atoms with Crippen molar-refractivity contribution in [3.05, 3.63) is 90.5 Å². The van der Waals surface area contributed by atoms with Gasteiger partial charge in [-0.15, -0.1) is 0 Å². The monoisotopic (exact) mass is 426 g/mol. The summed E-state index contributed by atoms with van der Waals surface area (Å²) >= 11 is 0. The molecule has 0 spiro atoms. The number of imide groups is 1. The number of ketones is 1. The molecule has 0 N–H and O–H groups in total. The van der Waals surface area contributed by atoms with E-state index in [0.29, 0.717) is 11.3 Å². The minimum absolute atomic E-state index is 0.0873. The summed E-state index contributed by atoms with van der Waals surface area (Å²) in [7, 11) is 1.67. The summed E-state index contributed by atoms with van der Waals surface area (Å²) in [4.78, 5) is 46.0. The molecule has 5 rings (SSSR count). The highest BCUT2D eigenvalue weighted by molar-refractivity contribution is 6.23. The summed E-state index contributed by atoms with van der Waals surface area (Å²) in [5.41, 5.74) is 3.19. The third-order valence-corrected chi connectivity index (χ3v) is 6.18. The minimum Gasteiger partial charge on any atom is -0.294 e. The second-order valence-electron chi connectivity index (χ2n) is 8.08. The summed E-state index contributed by atoms with van der Waals surface area (Å²) in [5.74, 6) is -1.52. The number of amides is 2. The van der Waals surface area contributed by atoms with E-state index in [1.807, 2.05) is 48.5 Å². The van der Waals surface area contributed by atoms with Crippen molar-refractivity contribution in [1.29, 1.82) is 0 Å². The van der Waals surface area contributed by atoms with Gasteiger partial charge in [0.15, 0.2) is 11.9 Å². The van der Waals surface area contributed by atoms with Crippen LogP contribution in [0.3, 0.4) is 0 Å². The molecule has 0 saturated carbocycles. The van der Waals surface area contributed by atoms with Crippen molar-refractivity contribution >= 4 is 23.3 Å². The number of hydrogen-bond acceptors (Lipinski definition) is 5. The number of Topliss-reactive ketones (excluding diaryl/α,β-unsaturated/α-hetero) is 1. The number of para-hydroxylation sites is 1. The second-order valence-corrected chi connectivity index (χ2v) is 8.08. The predicted molar refractivity (Wildman–Crippen MR) is 120 cm³/mol. The van der Waals surface area contributed by atoms with E-state index < -0.39 is 18.1 Å². The van der Waals surface area contributed by atoms with Crippen LogP contribution in [-0.2, 0) is 14.4 Å². The van der Waals surface area contributed by atoms with E-state index in [9.17, 15) is 14.4 Å². The van der Waals surface area contributed by atoms with Gasteiger partial charge in [-0.2, -0.15) is 5.06 Å². The van der Waals surface area contributed by atoms with Crippen molar-refractivity contribution in [3.63, 3.8) is 0 Å². The van der Waals surface area contributed by atoms with Gasteiger partial charge >= 0.3 is 0 Å². The Balaban J connectivity index is 1.34. The lowest BCUT2D eigenvalue weighted by atomic mass is 9.91. The number of carbonyl (C=O) groups is 3. The Morgan fingerprint density at radius 1 is 0.812 bits per heavy atom. The first-order valence-electron chi connectivity index (χ1n) is 10.6. The van der Waals surface area contributed by atoms with E-state index in [1.165, 1.54) is 9.96 Å². The molecule has 2 aliphatic heterocycles. The Bertz CT molecular complexity index is 1160. The number of hydrogen-bond donors (Lipinski definition) is 0. The molecule has 3 aromatic carbocycles. The van der Waals surface area contributed by atoms with Gasteiger partial charge in [-0.25, -0.2) is 4.90 Å². The third-order valence-electron chi connectivity index (χ3n) is 6.18. The number of nitrogens with zero attached hydrogens (tertiary/aromatic N) is 2. The molecule has 2 fully saturated rings. The van der Waals surface area contributed by atoms with Gasteiger partial charge in [0.2, 0.25) is 5.91 Å². The average molecular weight is 426 g/mol. The first-order valence-corrected chi connectivity index (χ1v) is 10.6. The van der Waals surface area contributed by atoms with E-state index in [2.05, 4.69) is 0 Å². The maximum Gasteiger partial charge on any atom is 0.265 e. The summed E-state index contributed by atoms with van der Waals surface area (Å²) in [6.07, 6.45) is -0.810. The van der Waals surface area contributed by atoms with Gasteiger partial charge in [0.25, 0.3) is 5.91 Å². The average Bonchev–Trinajstić information content (AvgIpc) is 3.28. The Morgan fingerprint density at radius 2 is 1.41 bits per heavy atom. The van der Waals surface area contributed by atoms with Gasteiger partial charge in [0.1, 0.15) is 0 Å². The van der Waals surface area contributed by atoms with E-state index >= 15 is 0 Å². The smallest absolute Gasteiger partial charge is 0.265 e. The number of fused-ring (bicyclic) bond motifs is 1. The van der Waals surface area contributed by atoms with Crippen LogP contribution in [0.1, 0.15) is 16.8 Å². The van der Waals surface area contributed by atoms with Crippen LogP contribution in [0.15, 0.2) is 84.9 Å². The molecule has 160 valence electrons. The topological polar surface area (TPSA) is 66.9 Å². The van der Waals surface area contributed by atoms with Crippen LogP contribution >= 0.6 is 0 Å². The number of benzene rings is 3. The van der Waals surface area contributed by atoms with Gasteiger partial charge in [-0.1, -0.05) is 72.8 Å². The first kappa shape index (κ1) is 20.3. The molecule has 6 nitrogen and oxygen atoms in total. The number of rotatable bonds is 5. The van der Waals surface area contributed by atoms with Crippen LogP contribution in [0.2, 0.25) is 0 Å². The molecular formula is C26H22N2O4. The fraction of sp³-hybridized carbons (Fsp3) is 0.192. The van der Waals surface area contributed by atoms with Crippen molar-refractivity contribution in [2.75, 3.05) is 11.9 Å². The van der Waals surface area contributed by atoms with Crippen LogP contribution in [-0.4, -0.2) is 41.9 Å². The fourth-order valence-corrected chi connectivity index (χ4v) is 4.50. The van der Waals surface area contributed by atoms with E-state index in [0.717, 1.165) is 11.1 Å². The van der Waals surface area contributed by atoms with Crippen LogP contribution in [0.5, 0.6) is 0 Å². The zero-order valence-corrected chi connectivity index (χ0v) is 17.5. The molecule has 3 atom stereocenters. The van der Waals surface area contributed by atoms with Crippen LogP contribution < -0.4 is 4.90 Å². The van der Waals surface area contributed by atoms with Crippen molar-refractivity contribution in [2.45, 2.75) is 18.6 Å². The second kappa shape index (κ2) is 8.15. The highest BCUT2D eigenvalue weighted by Gasteiger charge is 2.59. The minimum atomic E-state index is -0.897. The predicted octanol–water partition coefficient (Wildman–Crippen LogP) is 3.73. The highest BCUT2D eigenvalue weighted by Crippen LogP contribution is 2.39. The molecule has 0 radical (unpaired) electrons. The first-order chi connectivity index (χ1) is 15.5. The zero-order chi connectivity index (χ0) is 22.2. The summed E-state index contributed by atoms with van der Waals surface area (Å²) in [6.45, 7) is 0. The number of carbonyl (C=O) groups excluding carboxylic acids is 3. The SMILES string of the molecule is CN1OC2C(=O)N(c3ccccc3)C(=O)C2C1CC(=O)c1ccc(-c2ccccc2)cc1. The number of hydroxylamine groups is 2. The van der Waals surface area contributed by atoms with E-state index in [1.54, 1.807) is 43.4 Å². The zero-order valence-electron chi connectivity index (χ0n) is 17.5. The molecule has 6 heteroatoms. The Morgan fingerprint density at radius 3 is 2.06 bits per heavy atom. The van der Waals surface area contributed by atoms with Crippen molar-refractivity contribution in [3.8, 4) is 11.1 Å². The van der Waals surface area contributed by atoms with Crippen LogP contribution in [0.25, 0.3) is 11.1 Å². The molecule has 2 amide bonds. The van der Waals surface area contributed by atoms with Crippen molar-refractivity contribution < 1.29 is 19.2 Å². The molecule has 3 aromatic rings. The Hall–Kier alpha value is -3.61. The summed E-state index contributed by atoms with van der Waals surface area (Å²) in [6, 6.07) is 25.7. The molecule has 2 heterocycles. The molecule has 32 heavy (non-hydrogen) atoms. The van der Waals surface area contributed by atoms with Gasteiger partial charge in [0, 0.05) is 19.0 Å². The normalized spacial score (nSPS) is 22.9. The maximum atomic E-state index is 13.2. The standard InChI is InChI=1S/C26H22N2O4/c1-27-21(16-22(29)19-14-12-18(13-15-19)17-8-4-2-5-9-17)23-24(32-27)26(31)28(25(23)30)20-10-6-3-7-11-20/h2-15,21,23-24H,16H2,1H3. The van der Waals surface area contributed by atoms with Crippen LogP contribution in [0, 0.1) is 5.92 Å². The van der Waals surface area contributed by atoms with E-state index in [-0.39, 0.29) is 24.0 Å². The molecule has 0 aromatic heterocycles. The van der Waals surface area contributed by atoms with Crippen molar-refractivity contribution in [1.82, 2.24) is 5.06 Å². The van der Waals surface area contributed by atoms with Gasteiger partial charge in [-0.05, 0) is 23.3 Å². The lowest BCUT2D eigenvalue weighted by Crippen LogP contribution is -2.40. The van der Waals surface area contributed by atoms with Crippen molar-refractivity contribution in [2.24, 2.45) is 5.92 Å². The molecule has 0 bridgehead atoms. The van der Waals surface area contributed by atoms with Crippen LogP contribution in [0.4, 0.5) is 5.69 Å². The number of anilines is 1. The lowest BCUT2D eigenvalue weighted by Gasteiger charge is -2.23. The maximum absolute atomic E-state index is 13.2. The molecule has 0 aliphatic carbocycles. The van der Waals surface area contributed by atoms with Gasteiger partial charge in [-0.3, -0.25) is 19.2 Å². The molecular weight excluding hydrogens is 404 g/mol. The van der Waals surface area contributed by atoms with E-state index in [4.69, 9.17) is 4.84 Å². The molecule has 2 saturated heterocycles. The van der Waals surface area contributed by atoms with Gasteiger partial charge < -0.3 is 0 Å². The summed E-state index contributed by atoms with van der Waals surface area (Å²) < 4.78 is 0. The highest BCUT2D eigenvalue weighted by atomic mass is 16.7. The quantitative estimate of drug-likeness (QED) is 0.459. The lowest BCUT2D eigenvalue weighted by molar-refractivity contribution is -0.159. The van der Waals surface area contributed by atoms with Gasteiger partial charge in [0.05, 0.1) is 17.6 Å².